The zero-order valence-corrected chi connectivity index (χ0v) is 14.1. The lowest BCUT2D eigenvalue weighted by Crippen LogP contribution is -2.35. The van der Waals surface area contributed by atoms with Crippen LogP contribution in [0.3, 0.4) is 0 Å². The smallest absolute Gasteiger partial charge is 0.238 e. The molecular formula is C18H24N4O2. The first kappa shape index (κ1) is 17.9. The Morgan fingerprint density at radius 2 is 2.12 bits per heavy atom. The Kier molecular flexibility index (Phi) is 6.72. The molecule has 0 saturated heterocycles. The number of hydrogen-bond donors (Lipinski definition) is 2. The van der Waals surface area contributed by atoms with Gasteiger partial charge in [0.25, 0.3) is 0 Å². The van der Waals surface area contributed by atoms with Crippen molar-refractivity contribution in [2.45, 2.75) is 6.92 Å². The fourth-order valence-electron chi connectivity index (χ4n) is 2.29. The van der Waals surface area contributed by atoms with E-state index in [-0.39, 0.29) is 19.1 Å². The van der Waals surface area contributed by atoms with Crippen molar-refractivity contribution in [3.05, 3.63) is 53.9 Å². The van der Waals surface area contributed by atoms with E-state index >= 15 is 0 Å². The van der Waals surface area contributed by atoms with Crippen molar-refractivity contribution in [1.29, 1.82) is 0 Å². The second-order valence-corrected chi connectivity index (χ2v) is 5.59. The summed E-state index contributed by atoms with van der Waals surface area (Å²) in [6.07, 6.45) is 5.64. The maximum atomic E-state index is 12.2. The molecule has 0 spiro atoms. The number of carbonyl (C=O) groups excluding carboxylic acids is 1. The van der Waals surface area contributed by atoms with Crippen LogP contribution in [-0.2, 0) is 11.8 Å². The van der Waals surface area contributed by atoms with E-state index in [9.17, 15) is 9.90 Å². The molecule has 0 radical (unpaired) electrons. The van der Waals surface area contributed by atoms with Crippen LogP contribution in [0.1, 0.15) is 11.3 Å². The average molecular weight is 328 g/mol. The number of carbonyl (C=O) groups is 1. The largest absolute Gasteiger partial charge is 0.395 e. The number of aryl methyl sites for hydroxylation is 1. The van der Waals surface area contributed by atoms with Gasteiger partial charge in [-0.3, -0.25) is 14.4 Å². The van der Waals surface area contributed by atoms with Crippen LogP contribution in [-0.4, -0.2) is 51.9 Å². The monoisotopic (exact) mass is 328 g/mol. The van der Waals surface area contributed by atoms with Gasteiger partial charge in [-0.15, -0.1) is 0 Å². The molecule has 2 N–H and O–H groups in total. The normalized spacial score (nSPS) is 11.3. The van der Waals surface area contributed by atoms with Crippen LogP contribution in [0, 0.1) is 6.92 Å². The summed E-state index contributed by atoms with van der Waals surface area (Å²) in [5.74, 6) is -0.118. The Labute approximate surface area is 142 Å². The quantitative estimate of drug-likeness (QED) is 0.773. The van der Waals surface area contributed by atoms with Gasteiger partial charge in [-0.25, -0.2) is 0 Å². The Bertz CT molecular complexity index is 680. The molecule has 1 heterocycles. The van der Waals surface area contributed by atoms with Gasteiger partial charge >= 0.3 is 0 Å². The summed E-state index contributed by atoms with van der Waals surface area (Å²) >= 11 is 0. The van der Waals surface area contributed by atoms with Crippen LogP contribution < -0.4 is 5.32 Å². The van der Waals surface area contributed by atoms with Gasteiger partial charge in [-0.2, -0.15) is 5.10 Å². The molecule has 0 saturated carbocycles. The van der Waals surface area contributed by atoms with Gasteiger partial charge in [-0.1, -0.05) is 42.5 Å². The van der Waals surface area contributed by atoms with Gasteiger partial charge in [0.15, 0.2) is 0 Å². The highest BCUT2D eigenvalue weighted by Gasteiger charge is 2.12. The van der Waals surface area contributed by atoms with Crippen molar-refractivity contribution < 1.29 is 9.90 Å². The molecule has 0 aliphatic carbocycles. The summed E-state index contributed by atoms with van der Waals surface area (Å²) in [5, 5.41) is 16.2. The number of anilines is 1. The minimum Gasteiger partial charge on any atom is -0.395 e. The topological polar surface area (TPSA) is 70.4 Å². The predicted octanol–water partition coefficient (Wildman–Crippen LogP) is 1.67. The van der Waals surface area contributed by atoms with E-state index in [0.29, 0.717) is 18.8 Å². The first-order valence-corrected chi connectivity index (χ1v) is 7.93. The third-order valence-electron chi connectivity index (χ3n) is 3.77. The zero-order chi connectivity index (χ0) is 17.4. The van der Waals surface area contributed by atoms with Crippen LogP contribution >= 0.6 is 0 Å². The van der Waals surface area contributed by atoms with Gasteiger partial charge < -0.3 is 10.4 Å². The fourth-order valence-corrected chi connectivity index (χ4v) is 2.29. The number of aromatic nitrogens is 2. The first-order chi connectivity index (χ1) is 11.6. The molecule has 1 aromatic heterocycles. The lowest BCUT2D eigenvalue weighted by molar-refractivity contribution is -0.117. The van der Waals surface area contributed by atoms with Gasteiger partial charge in [0, 0.05) is 20.1 Å². The summed E-state index contributed by atoms with van der Waals surface area (Å²) in [6.45, 7) is 3.16. The summed E-state index contributed by atoms with van der Waals surface area (Å²) in [5.41, 5.74) is 2.73. The van der Waals surface area contributed by atoms with Crippen LogP contribution in [0.4, 0.5) is 5.69 Å². The minimum atomic E-state index is -0.118. The first-order valence-electron chi connectivity index (χ1n) is 7.93. The minimum absolute atomic E-state index is 0.0123. The fraction of sp³-hybridized carbons (Fsp3) is 0.333. The third-order valence-corrected chi connectivity index (χ3v) is 3.77. The Morgan fingerprint density at radius 1 is 1.38 bits per heavy atom. The van der Waals surface area contributed by atoms with Crippen molar-refractivity contribution in [2.24, 2.45) is 7.05 Å². The van der Waals surface area contributed by atoms with Crippen molar-refractivity contribution in [3.63, 3.8) is 0 Å². The molecule has 0 aliphatic heterocycles. The molecule has 0 aliphatic rings. The van der Waals surface area contributed by atoms with Crippen LogP contribution in [0.5, 0.6) is 0 Å². The van der Waals surface area contributed by atoms with Gasteiger partial charge in [0.1, 0.15) is 0 Å². The molecule has 0 bridgehead atoms. The molecule has 2 rings (SSSR count). The summed E-state index contributed by atoms with van der Waals surface area (Å²) < 4.78 is 1.71. The van der Waals surface area contributed by atoms with Crippen molar-refractivity contribution in [1.82, 2.24) is 14.7 Å². The van der Waals surface area contributed by atoms with Crippen molar-refractivity contribution in [2.75, 3.05) is 31.6 Å². The van der Waals surface area contributed by atoms with E-state index in [1.165, 1.54) is 0 Å². The van der Waals surface area contributed by atoms with Crippen molar-refractivity contribution in [3.8, 4) is 0 Å². The number of aliphatic hydroxyl groups excluding tert-OH is 1. The molecule has 6 nitrogen and oxygen atoms in total. The third kappa shape index (κ3) is 5.33. The second-order valence-electron chi connectivity index (χ2n) is 5.59. The highest BCUT2D eigenvalue weighted by molar-refractivity contribution is 5.92. The van der Waals surface area contributed by atoms with Gasteiger partial charge in [-0.05, 0) is 12.5 Å². The number of nitrogens with zero attached hydrogens (tertiary/aromatic N) is 3. The van der Waals surface area contributed by atoms with Gasteiger partial charge in [0.2, 0.25) is 5.91 Å². The summed E-state index contributed by atoms with van der Waals surface area (Å²) in [7, 11) is 1.83. The molecule has 1 amide bonds. The molecule has 0 unspecified atom stereocenters. The van der Waals surface area contributed by atoms with E-state index in [1.807, 2.05) is 61.4 Å². The summed E-state index contributed by atoms with van der Waals surface area (Å²) in [6, 6.07) is 9.97. The highest BCUT2D eigenvalue weighted by atomic mass is 16.3. The van der Waals surface area contributed by atoms with Crippen molar-refractivity contribution >= 4 is 17.7 Å². The predicted molar refractivity (Wildman–Crippen MR) is 95.6 cm³/mol. The summed E-state index contributed by atoms with van der Waals surface area (Å²) in [4.78, 5) is 14.1. The van der Waals surface area contributed by atoms with E-state index < -0.39 is 0 Å². The molecule has 24 heavy (non-hydrogen) atoms. The SMILES string of the molecule is Cc1c(NC(=O)CN(C/C=C/c2ccccc2)CCO)cnn1C. The van der Waals surface area contributed by atoms with E-state index in [4.69, 9.17) is 0 Å². The lowest BCUT2D eigenvalue weighted by Gasteiger charge is -2.18. The van der Waals surface area contributed by atoms with Crippen LogP contribution in [0.15, 0.2) is 42.6 Å². The van der Waals surface area contributed by atoms with E-state index in [1.54, 1.807) is 10.9 Å². The number of nitrogens with one attached hydrogen (secondary N) is 1. The maximum absolute atomic E-state index is 12.2. The Morgan fingerprint density at radius 3 is 2.75 bits per heavy atom. The van der Waals surface area contributed by atoms with E-state index in [2.05, 4.69) is 10.4 Å². The number of amides is 1. The van der Waals surface area contributed by atoms with E-state index in [0.717, 1.165) is 11.3 Å². The Hall–Kier alpha value is -2.44. The molecule has 0 fully saturated rings. The number of aliphatic hydroxyl groups is 1. The molecule has 0 atom stereocenters. The number of hydrogen-bond acceptors (Lipinski definition) is 4. The molecule has 2 aromatic rings. The molecule has 1 aromatic carbocycles. The van der Waals surface area contributed by atoms with Gasteiger partial charge in [0.05, 0.1) is 30.7 Å². The second kappa shape index (κ2) is 9.00. The average Bonchev–Trinajstić information content (AvgIpc) is 2.88. The van der Waals surface area contributed by atoms with Crippen LogP contribution in [0.25, 0.3) is 6.08 Å². The van der Waals surface area contributed by atoms with Crippen LogP contribution in [0.2, 0.25) is 0 Å². The molecule has 6 heteroatoms. The number of benzene rings is 1. The lowest BCUT2D eigenvalue weighted by atomic mass is 10.2. The molecular weight excluding hydrogens is 304 g/mol. The highest BCUT2D eigenvalue weighted by Crippen LogP contribution is 2.11. The molecule has 128 valence electrons. The maximum Gasteiger partial charge on any atom is 0.238 e. The standard InChI is InChI=1S/C18H24N4O2/c1-15-17(13-19-21(15)2)20-18(24)14-22(11-12-23)10-6-9-16-7-4-3-5-8-16/h3-9,13,23H,10-12,14H2,1-2H3,(H,20,24)/b9-6+. The zero-order valence-electron chi connectivity index (χ0n) is 14.1. The Balaban J connectivity index is 1.89. The number of rotatable bonds is 8.